The van der Waals surface area contributed by atoms with Crippen LogP contribution in [0.4, 0.5) is 5.69 Å². The molecule has 1 aliphatic heterocycles. The number of methoxy groups -OCH3 is 1. The van der Waals surface area contributed by atoms with Gasteiger partial charge in [0.2, 0.25) is 0 Å². The first-order chi connectivity index (χ1) is 13.0. The first-order valence-corrected chi connectivity index (χ1v) is 10.1. The second-order valence-electron chi connectivity index (χ2n) is 7.71. The molecule has 1 heterocycles. The Morgan fingerprint density at radius 3 is 2.78 bits per heavy atom. The van der Waals surface area contributed by atoms with Crippen molar-refractivity contribution in [1.82, 2.24) is 15.5 Å². The Morgan fingerprint density at radius 1 is 1.37 bits per heavy atom. The smallest absolute Gasteiger partial charge is 0.191 e. The fourth-order valence-electron chi connectivity index (χ4n) is 3.85. The van der Waals surface area contributed by atoms with Gasteiger partial charge in [-0.25, -0.2) is 0 Å². The number of benzene rings is 1. The quantitative estimate of drug-likeness (QED) is 0.550. The molecule has 1 saturated carbocycles. The van der Waals surface area contributed by atoms with Crippen molar-refractivity contribution in [1.29, 1.82) is 0 Å². The van der Waals surface area contributed by atoms with E-state index in [-0.39, 0.29) is 0 Å². The maximum absolute atomic E-state index is 6.19. The molecule has 0 amide bonds. The lowest BCUT2D eigenvalue weighted by atomic mass is 10.1. The molecule has 1 saturated heterocycles. The minimum Gasteiger partial charge on any atom is -0.495 e. The molecular formula is C20H32ClN5O. The van der Waals surface area contributed by atoms with E-state index >= 15 is 0 Å². The maximum atomic E-state index is 6.19. The van der Waals surface area contributed by atoms with Crippen LogP contribution >= 0.6 is 11.6 Å². The molecule has 2 aliphatic rings. The van der Waals surface area contributed by atoms with Crippen molar-refractivity contribution >= 4 is 23.2 Å². The van der Waals surface area contributed by atoms with E-state index < -0.39 is 0 Å². The maximum Gasteiger partial charge on any atom is 0.191 e. The third-order valence-electron chi connectivity index (χ3n) is 5.54. The summed E-state index contributed by atoms with van der Waals surface area (Å²) >= 11 is 6.19. The number of rotatable bonds is 7. The minimum atomic E-state index is 0.346. The predicted molar refractivity (Wildman–Crippen MR) is 113 cm³/mol. The standard InChI is InChI=1S/C20H32ClN5O/c1-22-20(23-12-18(25(2)3)14-5-6-14)24-16-9-10-26(13-16)17-11-15(21)7-8-19(17)27-4/h7-8,11,14,16,18H,5-6,9-10,12-13H2,1-4H3,(H2,22,23,24). The van der Waals surface area contributed by atoms with Gasteiger partial charge >= 0.3 is 0 Å². The second-order valence-corrected chi connectivity index (χ2v) is 8.15. The largest absolute Gasteiger partial charge is 0.495 e. The van der Waals surface area contributed by atoms with Crippen LogP contribution in [-0.2, 0) is 0 Å². The minimum absolute atomic E-state index is 0.346. The summed E-state index contributed by atoms with van der Waals surface area (Å²) in [5, 5.41) is 7.83. The second kappa shape index (κ2) is 9.02. The van der Waals surface area contributed by atoms with E-state index in [4.69, 9.17) is 16.3 Å². The Bertz CT molecular complexity index is 660. The van der Waals surface area contributed by atoms with E-state index in [1.807, 2.05) is 25.2 Å². The normalized spacial score (nSPS) is 21.5. The molecule has 1 aromatic carbocycles. The Balaban J connectivity index is 1.54. The first kappa shape index (κ1) is 20.1. The Kier molecular flexibility index (Phi) is 6.71. The first-order valence-electron chi connectivity index (χ1n) is 9.74. The number of halogens is 1. The highest BCUT2D eigenvalue weighted by atomic mass is 35.5. The SMILES string of the molecule is CN=C(NCC(C1CC1)N(C)C)NC1CCN(c2cc(Cl)ccc2OC)C1. The van der Waals surface area contributed by atoms with Crippen molar-refractivity contribution in [2.24, 2.45) is 10.9 Å². The van der Waals surface area contributed by atoms with E-state index in [9.17, 15) is 0 Å². The van der Waals surface area contributed by atoms with Crippen LogP contribution in [0.15, 0.2) is 23.2 Å². The zero-order chi connectivity index (χ0) is 19.4. The van der Waals surface area contributed by atoms with Gasteiger partial charge in [-0.2, -0.15) is 0 Å². The van der Waals surface area contributed by atoms with Crippen molar-refractivity contribution in [3.05, 3.63) is 23.2 Å². The molecule has 3 rings (SSSR count). The molecule has 2 atom stereocenters. The number of hydrogen-bond donors (Lipinski definition) is 2. The van der Waals surface area contributed by atoms with Crippen LogP contribution in [0, 0.1) is 5.92 Å². The van der Waals surface area contributed by atoms with E-state index in [0.717, 1.165) is 54.4 Å². The average Bonchev–Trinajstić information content (AvgIpc) is 3.38. The van der Waals surface area contributed by atoms with Gasteiger partial charge in [0.1, 0.15) is 5.75 Å². The third kappa shape index (κ3) is 5.20. The number of ether oxygens (including phenoxy) is 1. The molecule has 6 nitrogen and oxygen atoms in total. The number of aliphatic imine (C=N–C) groups is 1. The van der Waals surface area contributed by atoms with E-state index in [0.29, 0.717) is 12.1 Å². The van der Waals surface area contributed by atoms with Crippen LogP contribution in [0.25, 0.3) is 0 Å². The fraction of sp³-hybridized carbons (Fsp3) is 0.650. The molecule has 2 fully saturated rings. The van der Waals surface area contributed by atoms with Crippen molar-refractivity contribution in [3.8, 4) is 5.75 Å². The fourth-order valence-corrected chi connectivity index (χ4v) is 4.01. The Morgan fingerprint density at radius 2 is 2.15 bits per heavy atom. The number of nitrogens with one attached hydrogen (secondary N) is 2. The van der Waals surface area contributed by atoms with Crippen molar-refractivity contribution in [2.45, 2.75) is 31.3 Å². The topological polar surface area (TPSA) is 52.1 Å². The summed E-state index contributed by atoms with van der Waals surface area (Å²) in [6.07, 6.45) is 3.74. The lowest BCUT2D eigenvalue weighted by molar-refractivity contribution is 0.264. The van der Waals surface area contributed by atoms with Crippen molar-refractivity contribution < 1.29 is 4.74 Å². The lowest BCUT2D eigenvalue weighted by Crippen LogP contribution is -2.49. The molecule has 0 bridgehead atoms. The lowest BCUT2D eigenvalue weighted by Gasteiger charge is -2.26. The summed E-state index contributed by atoms with van der Waals surface area (Å²) < 4.78 is 5.50. The van der Waals surface area contributed by atoms with Gasteiger partial charge in [-0.3, -0.25) is 4.99 Å². The molecule has 2 unspecified atom stereocenters. The van der Waals surface area contributed by atoms with Crippen LogP contribution in [0.5, 0.6) is 5.75 Å². The van der Waals surface area contributed by atoms with Crippen LogP contribution in [0.2, 0.25) is 5.02 Å². The van der Waals surface area contributed by atoms with Gasteiger partial charge in [0.25, 0.3) is 0 Å². The Hall–Kier alpha value is -1.66. The van der Waals surface area contributed by atoms with Gasteiger partial charge in [0.05, 0.1) is 12.8 Å². The molecular weight excluding hydrogens is 362 g/mol. The summed E-state index contributed by atoms with van der Waals surface area (Å²) in [5.74, 6) is 2.57. The van der Waals surface area contributed by atoms with E-state index in [2.05, 4.69) is 39.5 Å². The van der Waals surface area contributed by atoms with Crippen molar-refractivity contribution in [3.63, 3.8) is 0 Å². The van der Waals surface area contributed by atoms with Gasteiger partial charge in [0.15, 0.2) is 5.96 Å². The number of hydrogen-bond acceptors (Lipinski definition) is 4. The molecule has 7 heteroatoms. The molecule has 150 valence electrons. The van der Waals surface area contributed by atoms with Gasteiger partial charge in [-0.1, -0.05) is 11.6 Å². The Labute approximate surface area is 167 Å². The zero-order valence-corrected chi connectivity index (χ0v) is 17.6. The number of likely N-dealkylation sites (N-methyl/N-ethyl adjacent to an activating group) is 1. The summed E-state index contributed by atoms with van der Waals surface area (Å²) in [6, 6.07) is 6.69. The average molecular weight is 394 g/mol. The summed E-state index contributed by atoms with van der Waals surface area (Å²) in [4.78, 5) is 9.06. The molecule has 0 radical (unpaired) electrons. The zero-order valence-electron chi connectivity index (χ0n) is 16.8. The van der Waals surface area contributed by atoms with Gasteiger partial charge in [-0.15, -0.1) is 0 Å². The molecule has 1 aromatic rings. The number of nitrogens with zero attached hydrogens (tertiary/aromatic N) is 3. The van der Waals surface area contributed by atoms with Crippen LogP contribution in [0.1, 0.15) is 19.3 Å². The molecule has 0 spiro atoms. The van der Waals surface area contributed by atoms with E-state index in [1.54, 1.807) is 7.11 Å². The molecule has 1 aliphatic carbocycles. The van der Waals surface area contributed by atoms with Crippen LogP contribution < -0.4 is 20.3 Å². The van der Waals surface area contributed by atoms with Gasteiger partial charge in [0, 0.05) is 43.8 Å². The summed E-state index contributed by atoms with van der Waals surface area (Å²) in [6.45, 7) is 2.79. The molecule has 27 heavy (non-hydrogen) atoms. The molecule has 0 aromatic heterocycles. The summed E-state index contributed by atoms with van der Waals surface area (Å²) in [7, 11) is 7.86. The highest BCUT2D eigenvalue weighted by molar-refractivity contribution is 6.30. The highest BCUT2D eigenvalue weighted by Gasteiger charge is 2.32. The third-order valence-corrected chi connectivity index (χ3v) is 5.78. The highest BCUT2D eigenvalue weighted by Crippen LogP contribution is 2.34. The summed E-state index contributed by atoms with van der Waals surface area (Å²) in [5.41, 5.74) is 1.05. The van der Waals surface area contributed by atoms with Gasteiger partial charge in [-0.05, 0) is 57.5 Å². The van der Waals surface area contributed by atoms with Crippen LogP contribution in [-0.4, -0.2) is 70.8 Å². The monoisotopic (exact) mass is 393 g/mol. The van der Waals surface area contributed by atoms with Gasteiger partial charge < -0.3 is 25.2 Å². The van der Waals surface area contributed by atoms with Crippen molar-refractivity contribution in [2.75, 3.05) is 52.8 Å². The number of guanidine groups is 1. The van der Waals surface area contributed by atoms with E-state index in [1.165, 1.54) is 12.8 Å². The number of anilines is 1. The van der Waals surface area contributed by atoms with Crippen LogP contribution in [0.3, 0.4) is 0 Å². The predicted octanol–water partition coefficient (Wildman–Crippen LogP) is 2.43. The molecule has 2 N–H and O–H groups in total.